The number of nitrogens with one attached hydrogen (secondary N) is 1. The number of aryl methyl sites for hydroxylation is 1. The minimum Gasteiger partial charge on any atom is -0.392 e. The number of nitrogens with zero attached hydrogens (tertiary/aromatic N) is 2. The van der Waals surface area contributed by atoms with Crippen molar-refractivity contribution in [1.29, 1.82) is 0 Å². The van der Waals surface area contributed by atoms with E-state index in [1.165, 1.54) is 31.2 Å². The summed E-state index contributed by atoms with van der Waals surface area (Å²) in [6.07, 6.45) is 8.66. The number of rotatable bonds is 5. The van der Waals surface area contributed by atoms with Gasteiger partial charge in [-0.2, -0.15) is 0 Å². The van der Waals surface area contributed by atoms with Gasteiger partial charge in [0, 0.05) is 19.3 Å². The number of hydrogen-bond donors (Lipinski definition) is 2. The fourth-order valence-electron chi connectivity index (χ4n) is 3.12. The molecule has 0 saturated heterocycles. The van der Waals surface area contributed by atoms with E-state index in [0.29, 0.717) is 12.5 Å². The van der Waals surface area contributed by atoms with Crippen molar-refractivity contribution in [1.82, 2.24) is 14.7 Å². The zero-order chi connectivity index (χ0) is 13.9. The molecule has 0 aliphatic heterocycles. The molecule has 1 atom stereocenters. The van der Waals surface area contributed by atoms with E-state index < -0.39 is 0 Å². The highest BCUT2D eigenvalue weighted by Crippen LogP contribution is 2.27. The molecule has 0 aromatic carbocycles. The van der Waals surface area contributed by atoms with E-state index in [4.69, 9.17) is 0 Å². The first-order valence-electron chi connectivity index (χ1n) is 7.55. The summed E-state index contributed by atoms with van der Waals surface area (Å²) in [6, 6.07) is 4.17. The van der Waals surface area contributed by atoms with E-state index >= 15 is 0 Å². The second kappa shape index (κ2) is 5.94. The third kappa shape index (κ3) is 2.86. The quantitative estimate of drug-likeness (QED) is 0.878. The highest BCUT2D eigenvalue weighted by atomic mass is 16.3. The minimum absolute atomic E-state index is 0.209. The molecule has 4 nitrogen and oxygen atoms in total. The summed E-state index contributed by atoms with van der Waals surface area (Å²) >= 11 is 0. The molecule has 1 aliphatic carbocycles. The van der Waals surface area contributed by atoms with Gasteiger partial charge in [-0.1, -0.05) is 12.8 Å². The largest absolute Gasteiger partial charge is 0.392 e. The lowest BCUT2D eigenvalue weighted by Crippen LogP contribution is -2.31. The van der Waals surface area contributed by atoms with E-state index in [9.17, 15) is 5.11 Å². The van der Waals surface area contributed by atoms with Crippen LogP contribution in [0.25, 0.3) is 5.65 Å². The molecule has 0 radical (unpaired) electrons. The molecule has 1 aliphatic rings. The Hall–Kier alpha value is -1.39. The van der Waals surface area contributed by atoms with Crippen LogP contribution in [0.4, 0.5) is 0 Å². The molecule has 0 spiro atoms. The van der Waals surface area contributed by atoms with Crippen molar-refractivity contribution in [2.24, 2.45) is 5.92 Å². The minimum atomic E-state index is -0.209. The van der Waals surface area contributed by atoms with Crippen LogP contribution in [0.3, 0.4) is 0 Å². The lowest BCUT2D eigenvalue weighted by Gasteiger charge is -2.18. The van der Waals surface area contributed by atoms with Crippen molar-refractivity contribution < 1.29 is 5.11 Å². The fourth-order valence-corrected chi connectivity index (χ4v) is 3.12. The molecule has 1 fully saturated rings. The first kappa shape index (κ1) is 13.6. The molecule has 4 heteroatoms. The van der Waals surface area contributed by atoms with Crippen LogP contribution >= 0.6 is 0 Å². The van der Waals surface area contributed by atoms with Crippen molar-refractivity contribution in [2.45, 2.75) is 45.3 Å². The molecule has 3 rings (SSSR count). The van der Waals surface area contributed by atoms with Gasteiger partial charge in [0.1, 0.15) is 5.65 Å². The molecule has 2 aromatic rings. The summed E-state index contributed by atoms with van der Waals surface area (Å²) in [5.41, 5.74) is 3.34. The van der Waals surface area contributed by atoms with Gasteiger partial charge in [-0.15, -0.1) is 0 Å². The van der Waals surface area contributed by atoms with Crippen LogP contribution in [0.5, 0.6) is 0 Å². The molecule has 2 heterocycles. The van der Waals surface area contributed by atoms with Crippen molar-refractivity contribution >= 4 is 5.65 Å². The SMILES string of the molecule is Cc1ccn2c(CNCC(O)C3CCCC3)cnc2c1. The third-order valence-corrected chi connectivity index (χ3v) is 4.35. The molecule has 2 aromatic heterocycles. The van der Waals surface area contributed by atoms with Gasteiger partial charge in [0.05, 0.1) is 18.0 Å². The summed E-state index contributed by atoms with van der Waals surface area (Å²) in [6.45, 7) is 3.49. The predicted octanol–water partition coefficient (Wildman–Crippen LogP) is 2.28. The van der Waals surface area contributed by atoms with Crippen LogP contribution in [0.2, 0.25) is 0 Å². The van der Waals surface area contributed by atoms with Gasteiger partial charge in [-0.3, -0.25) is 0 Å². The van der Waals surface area contributed by atoms with Crippen LogP contribution in [0.1, 0.15) is 36.9 Å². The maximum atomic E-state index is 10.1. The number of aliphatic hydroxyl groups excluding tert-OH is 1. The first-order valence-corrected chi connectivity index (χ1v) is 7.55. The van der Waals surface area contributed by atoms with Gasteiger partial charge < -0.3 is 14.8 Å². The first-order chi connectivity index (χ1) is 9.74. The molecule has 0 bridgehead atoms. The topological polar surface area (TPSA) is 49.6 Å². The smallest absolute Gasteiger partial charge is 0.137 e. The van der Waals surface area contributed by atoms with E-state index in [0.717, 1.165) is 17.9 Å². The molecule has 2 N–H and O–H groups in total. The zero-order valence-electron chi connectivity index (χ0n) is 12.0. The number of hydrogen-bond acceptors (Lipinski definition) is 3. The molecule has 1 saturated carbocycles. The fraction of sp³-hybridized carbons (Fsp3) is 0.562. The predicted molar refractivity (Wildman–Crippen MR) is 79.6 cm³/mol. The molecule has 20 heavy (non-hydrogen) atoms. The van der Waals surface area contributed by atoms with Crippen molar-refractivity contribution in [3.63, 3.8) is 0 Å². The second-order valence-electron chi connectivity index (χ2n) is 5.92. The highest BCUT2D eigenvalue weighted by Gasteiger charge is 2.22. The van der Waals surface area contributed by atoms with E-state index in [1.54, 1.807) is 0 Å². The number of fused-ring (bicyclic) bond motifs is 1. The van der Waals surface area contributed by atoms with Crippen molar-refractivity contribution in [3.8, 4) is 0 Å². The standard InChI is InChI=1S/C16H23N3O/c1-12-6-7-19-14(10-18-16(19)8-12)9-17-11-15(20)13-4-2-3-5-13/h6-8,10,13,15,17,20H,2-5,9,11H2,1H3. The van der Waals surface area contributed by atoms with Crippen LogP contribution < -0.4 is 5.32 Å². The summed E-state index contributed by atoms with van der Waals surface area (Å²) in [7, 11) is 0. The lowest BCUT2D eigenvalue weighted by atomic mass is 10.0. The van der Waals surface area contributed by atoms with Crippen LogP contribution in [0, 0.1) is 12.8 Å². The molecule has 108 valence electrons. The van der Waals surface area contributed by atoms with Gasteiger partial charge >= 0.3 is 0 Å². The molecular formula is C16H23N3O. The summed E-state index contributed by atoms with van der Waals surface area (Å²) in [5, 5.41) is 13.5. The Morgan fingerprint density at radius 2 is 2.25 bits per heavy atom. The Balaban J connectivity index is 1.57. The molecule has 0 amide bonds. The van der Waals surface area contributed by atoms with Gasteiger partial charge in [-0.25, -0.2) is 4.98 Å². The van der Waals surface area contributed by atoms with Crippen molar-refractivity contribution in [2.75, 3.05) is 6.54 Å². The summed E-state index contributed by atoms with van der Waals surface area (Å²) in [4.78, 5) is 4.42. The maximum Gasteiger partial charge on any atom is 0.137 e. The van der Waals surface area contributed by atoms with E-state index in [-0.39, 0.29) is 6.10 Å². The van der Waals surface area contributed by atoms with Gasteiger partial charge in [0.2, 0.25) is 0 Å². The number of pyridine rings is 1. The zero-order valence-corrected chi connectivity index (χ0v) is 12.0. The normalized spacial score (nSPS) is 17.9. The van der Waals surface area contributed by atoms with E-state index in [2.05, 4.69) is 40.0 Å². The van der Waals surface area contributed by atoms with Crippen molar-refractivity contribution in [3.05, 3.63) is 35.8 Å². The van der Waals surface area contributed by atoms with Crippen LogP contribution in [-0.2, 0) is 6.54 Å². The average molecular weight is 273 g/mol. The second-order valence-corrected chi connectivity index (χ2v) is 5.92. The number of aromatic nitrogens is 2. The van der Waals surface area contributed by atoms with Crippen LogP contribution in [-0.4, -0.2) is 27.1 Å². The van der Waals surface area contributed by atoms with Crippen LogP contribution in [0.15, 0.2) is 24.5 Å². The maximum absolute atomic E-state index is 10.1. The lowest BCUT2D eigenvalue weighted by molar-refractivity contribution is 0.109. The third-order valence-electron chi connectivity index (χ3n) is 4.35. The average Bonchev–Trinajstić information content (AvgIpc) is 3.08. The van der Waals surface area contributed by atoms with Gasteiger partial charge in [0.25, 0.3) is 0 Å². The number of imidazole rings is 1. The highest BCUT2D eigenvalue weighted by molar-refractivity contribution is 5.42. The Morgan fingerprint density at radius 1 is 1.45 bits per heavy atom. The van der Waals surface area contributed by atoms with E-state index in [1.807, 2.05) is 6.20 Å². The number of aliphatic hydroxyl groups is 1. The summed E-state index contributed by atoms with van der Waals surface area (Å²) in [5.74, 6) is 0.493. The van der Waals surface area contributed by atoms with Gasteiger partial charge in [0.15, 0.2) is 0 Å². The molecule has 1 unspecified atom stereocenters. The Morgan fingerprint density at radius 3 is 3.05 bits per heavy atom. The van der Waals surface area contributed by atoms with Gasteiger partial charge in [-0.05, 0) is 43.4 Å². The monoisotopic (exact) mass is 273 g/mol. The Labute approximate surface area is 119 Å². The Bertz CT molecular complexity index is 572. The Kier molecular flexibility index (Phi) is 4.03. The molecular weight excluding hydrogens is 250 g/mol. The summed E-state index contributed by atoms with van der Waals surface area (Å²) < 4.78 is 2.10.